The number of hydrogen-bond acceptors (Lipinski definition) is 3. The van der Waals surface area contributed by atoms with Crippen molar-refractivity contribution in [3.05, 3.63) is 30.1 Å². The molecule has 0 heterocycles. The molecule has 1 unspecified atom stereocenters. The van der Waals surface area contributed by atoms with Crippen molar-refractivity contribution >= 4 is 17.6 Å². The van der Waals surface area contributed by atoms with Gasteiger partial charge in [-0.05, 0) is 31.2 Å². The van der Waals surface area contributed by atoms with E-state index in [9.17, 15) is 14.0 Å². The van der Waals surface area contributed by atoms with Crippen molar-refractivity contribution in [3.63, 3.8) is 0 Å². The van der Waals surface area contributed by atoms with Gasteiger partial charge in [-0.3, -0.25) is 4.79 Å². The van der Waals surface area contributed by atoms with E-state index >= 15 is 0 Å². The molecule has 98 valence electrons. The van der Waals surface area contributed by atoms with Gasteiger partial charge in [-0.1, -0.05) is 0 Å². The number of carboxylic acid groups (broad SMARTS) is 2. The summed E-state index contributed by atoms with van der Waals surface area (Å²) in [7, 11) is 0. The van der Waals surface area contributed by atoms with Crippen LogP contribution in [0.4, 0.5) is 10.1 Å². The van der Waals surface area contributed by atoms with Gasteiger partial charge in [-0.25, -0.2) is 9.18 Å². The summed E-state index contributed by atoms with van der Waals surface area (Å²) < 4.78 is 12.8. The minimum Gasteiger partial charge on any atom is -0.481 e. The lowest BCUT2D eigenvalue weighted by molar-refractivity contribution is -0.139. The Balaban J connectivity index is 2.92. The molecule has 1 aromatic carbocycles. The fourth-order valence-corrected chi connectivity index (χ4v) is 1.53. The summed E-state index contributed by atoms with van der Waals surface area (Å²) in [4.78, 5) is 22.9. The molecule has 6 heteroatoms. The smallest absolute Gasteiger partial charge is 0.326 e. The highest BCUT2D eigenvalue weighted by molar-refractivity contribution is 5.78. The van der Waals surface area contributed by atoms with Crippen molar-refractivity contribution in [3.8, 4) is 0 Å². The first kappa shape index (κ1) is 14.0. The van der Waals surface area contributed by atoms with Crippen molar-refractivity contribution in [2.45, 2.75) is 19.4 Å². The van der Waals surface area contributed by atoms with Crippen LogP contribution in [-0.2, 0) is 9.59 Å². The molecule has 0 fully saturated rings. The summed E-state index contributed by atoms with van der Waals surface area (Å²) in [5.41, 5.74) is 0.479. The Morgan fingerprint density at radius 3 is 2.28 bits per heavy atom. The number of benzene rings is 1. The number of anilines is 1. The van der Waals surface area contributed by atoms with E-state index < -0.39 is 23.8 Å². The summed E-state index contributed by atoms with van der Waals surface area (Å²) in [6.45, 7) is 1.50. The highest BCUT2D eigenvalue weighted by Gasteiger charge is 2.21. The van der Waals surface area contributed by atoms with E-state index in [-0.39, 0.29) is 13.0 Å². The number of halogens is 1. The number of hydrogen-bond donors (Lipinski definition) is 2. The predicted octanol–water partition coefficient (Wildman–Crippen LogP) is 1.58. The molecular formula is C12H14FNO4. The van der Waals surface area contributed by atoms with Crippen LogP contribution in [0.3, 0.4) is 0 Å². The largest absolute Gasteiger partial charge is 0.481 e. The Hall–Kier alpha value is -2.11. The molecule has 0 bridgehead atoms. The fraction of sp³-hybridized carbons (Fsp3) is 0.333. The van der Waals surface area contributed by atoms with Gasteiger partial charge in [0.1, 0.15) is 11.9 Å². The number of carboxylic acids is 2. The van der Waals surface area contributed by atoms with E-state index in [1.165, 1.54) is 36.1 Å². The zero-order valence-electron chi connectivity index (χ0n) is 9.84. The summed E-state index contributed by atoms with van der Waals surface area (Å²) in [5, 5.41) is 17.6. The molecule has 0 aliphatic carbocycles. The normalized spacial score (nSPS) is 11.9. The Bertz CT molecular complexity index is 432. The predicted molar refractivity (Wildman–Crippen MR) is 63.1 cm³/mol. The first-order valence-electron chi connectivity index (χ1n) is 5.38. The van der Waals surface area contributed by atoms with Gasteiger partial charge in [0.25, 0.3) is 0 Å². The second kappa shape index (κ2) is 6.00. The maximum Gasteiger partial charge on any atom is 0.326 e. The van der Waals surface area contributed by atoms with Crippen LogP contribution in [0, 0.1) is 5.82 Å². The summed E-state index contributed by atoms with van der Waals surface area (Å²) >= 11 is 0. The number of nitrogens with zero attached hydrogens (tertiary/aromatic N) is 1. The maximum atomic E-state index is 12.8. The van der Waals surface area contributed by atoms with Crippen LogP contribution in [0.15, 0.2) is 24.3 Å². The summed E-state index contributed by atoms with van der Waals surface area (Å²) in [6, 6.07) is 4.39. The highest BCUT2D eigenvalue weighted by atomic mass is 19.1. The van der Waals surface area contributed by atoms with Crippen molar-refractivity contribution in [1.82, 2.24) is 0 Å². The first-order chi connectivity index (χ1) is 8.41. The van der Waals surface area contributed by atoms with E-state index in [1.807, 2.05) is 0 Å². The average Bonchev–Trinajstić information content (AvgIpc) is 2.30. The summed E-state index contributed by atoms with van der Waals surface area (Å²) in [6.07, 6.45) is -0.186. The zero-order valence-corrected chi connectivity index (χ0v) is 9.84. The van der Waals surface area contributed by atoms with E-state index in [2.05, 4.69) is 0 Å². The Morgan fingerprint density at radius 1 is 1.28 bits per heavy atom. The van der Waals surface area contributed by atoms with Gasteiger partial charge in [0.15, 0.2) is 0 Å². The first-order valence-corrected chi connectivity index (χ1v) is 5.38. The van der Waals surface area contributed by atoms with E-state index in [0.717, 1.165) is 0 Å². The van der Waals surface area contributed by atoms with Crippen molar-refractivity contribution in [2.75, 3.05) is 11.4 Å². The van der Waals surface area contributed by atoms with Crippen LogP contribution in [0.25, 0.3) is 0 Å². The molecule has 0 aromatic heterocycles. The minimum atomic E-state index is -1.07. The van der Waals surface area contributed by atoms with Crippen LogP contribution < -0.4 is 4.90 Å². The van der Waals surface area contributed by atoms with Gasteiger partial charge in [-0.2, -0.15) is 0 Å². The van der Waals surface area contributed by atoms with Gasteiger partial charge in [0.2, 0.25) is 0 Å². The summed E-state index contributed by atoms with van der Waals surface area (Å²) in [5.74, 6) is -2.51. The third kappa shape index (κ3) is 3.73. The van der Waals surface area contributed by atoms with Crippen molar-refractivity contribution in [2.24, 2.45) is 0 Å². The molecular weight excluding hydrogens is 241 g/mol. The number of rotatable bonds is 6. The molecule has 0 aliphatic rings. The number of aliphatic carboxylic acids is 2. The lowest BCUT2D eigenvalue weighted by Crippen LogP contribution is -2.40. The van der Waals surface area contributed by atoms with Crippen LogP contribution in [0.5, 0.6) is 0 Å². The lowest BCUT2D eigenvalue weighted by Gasteiger charge is -2.28. The van der Waals surface area contributed by atoms with Gasteiger partial charge >= 0.3 is 11.9 Å². The zero-order chi connectivity index (χ0) is 13.7. The Morgan fingerprint density at radius 2 is 1.83 bits per heavy atom. The fourth-order valence-electron chi connectivity index (χ4n) is 1.53. The van der Waals surface area contributed by atoms with Gasteiger partial charge in [0, 0.05) is 12.2 Å². The molecule has 0 aliphatic heterocycles. The topological polar surface area (TPSA) is 77.8 Å². The van der Waals surface area contributed by atoms with Crippen LogP contribution in [0.1, 0.15) is 13.3 Å². The third-order valence-corrected chi connectivity index (χ3v) is 2.55. The second-order valence-electron chi connectivity index (χ2n) is 3.83. The van der Waals surface area contributed by atoms with E-state index in [4.69, 9.17) is 10.2 Å². The molecule has 1 atom stereocenters. The average molecular weight is 255 g/mol. The highest BCUT2D eigenvalue weighted by Crippen LogP contribution is 2.18. The SMILES string of the molecule is CC(C(=O)O)N(CCC(=O)O)c1ccc(F)cc1. The molecule has 0 saturated heterocycles. The minimum absolute atomic E-state index is 0.0500. The Kier molecular flexibility index (Phi) is 4.65. The molecule has 0 spiro atoms. The molecule has 1 aromatic rings. The molecule has 0 amide bonds. The van der Waals surface area contributed by atoms with Gasteiger partial charge < -0.3 is 15.1 Å². The standard InChI is InChI=1S/C12H14FNO4/c1-8(12(17)18)14(7-6-11(15)16)10-4-2-9(13)3-5-10/h2-5,8H,6-7H2,1H3,(H,15,16)(H,17,18). The van der Waals surface area contributed by atoms with Crippen LogP contribution in [0.2, 0.25) is 0 Å². The lowest BCUT2D eigenvalue weighted by atomic mass is 10.2. The monoisotopic (exact) mass is 255 g/mol. The quantitative estimate of drug-likeness (QED) is 0.807. The molecule has 0 radical (unpaired) electrons. The Labute approximate surface area is 103 Å². The number of carbonyl (C=O) groups is 2. The maximum absolute atomic E-state index is 12.8. The van der Waals surface area contributed by atoms with Gasteiger partial charge in [0.05, 0.1) is 6.42 Å². The molecule has 18 heavy (non-hydrogen) atoms. The van der Waals surface area contributed by atoms with E-state index in [1.54, 1.807) is 0 Å². The third-order valence-electron chi connectivity index (χ3n) is 2.55. The van der Waals surface area contributed by atoms with Gasteiger partial charge in [-0.15, -0.1) is 0 Å². The van der Waals surface area contributed by atoms with E-state index in [0.29, 0.717) is 5.69 Å². The molecule has 1 rings (SSSR count). The molecule has 0 saturated carbocycles. The van der Waals surface area contributed by atoms with Crippen LogP contribution >= 0.6 is 0 Å². The van der Waals surface area contributed by atoms with Crippen molar-refractivity contribution in [1.29, 1.82) is 0 Å². The molecule has 5 nitrogen and oxygen atoms in total. The van der Waals surface area contributed by atoms with Crippen molar-refractivity contribution < 1.29 is 24.2 Å². The molecule has 2 N–H and O–H groups in total. The second-order valence-corrected chi connectivity index (χ2v) is 3.83. The van der Waals surface area contributed by atoms with Crippen LogP contribution in [-0.4, -0.2) is 34.7 Å².